The van der Waals surface area contributed by atoms with Gasteiger partial charge in [0.25, 0.3) is 0 Å². The second-order valence-corrected chi connectivity index (χ2v) is 18.1. The molecule has 14 heteroatoms. The Bertz CT molecular complexity index is 1670. The molecule has 0 atom stereocenters. The van der Waals surface area contributed by atoms with Crippen LogP contribution in [0.2, 0.25) is 13.1 Å². The molecule has 1 amide bonds. The van der Waals surface area contributed by atoms with Gasteiger partial charge in [0.1, 0.15) is 20.3 Å². The lowest BCUT2D eigenvalue weighted by Crippen LogP contribution is -2.63. The number of benzene rings is 3. The predicted molar refractivity (Wildman–Crippen MR) is 205 cm³/mol. The van der Waals surface area contributed by atoms with E-state index in [2.05, 4.69) is 115 Å². The van der Waals surface area contributed by atoms with E-state index in [4.69, 9.17) is 34.0 Å². The Hall–Kier alpha value is -4.14. The Morgan fingerprint density at radius 3 is 1.90 bits per heavy atom. The van der Waals surface area contributed by atoms with Crippen molar-refractivity contribution in [3.63, 3.8) is 0 Å². The average Bonchev–Trinajstić information content (AvgIpc) is 3.51. The second-order valence-electron chi connectivity index (χ2n) is 13.7. The Kier molecular flexibility index (Phi) is 13.6. The van der Waals surface area contributed by atoms with E-state index in [0.29, 0.717) is 72.6 Å². The SMILES string of the molecule is CN(C)c1ccc2c(c1)[Si](C)(C)c1cc(N(C)C)ccc1C21OCc2cc(COC(=O)NCCOCCOCCOCCOCCN=[N+]=[N-])ccc21. The van der Waals surface area contributed by atoms with Crippen LogP contribution >= 0.6 is 0 Å². The van der Waals surface area contributed by atoms with E-state index in [0.717, 1.165) is 16.7 Å². The van der Waals surface area contributed by atoms with E-state index in [1.807, 2.05) is 6.07 Å². The van der Waals surface area contributed by atoms with E-state index in [-0.39, 0.29) is 6.61 Å². The van der Waals surface area contributed by atoms with Crippen LogP contribution < -0.4 is 25.5 Å². The summed E-state index contributed by atoms with van der Waals surface area (Å²) in [5.41, 5.74) is 15.5. The van der Waals surface area contributed by atoms with E-state index >= 15 is 0 Å². The summed E-state index contributed by atoms with van der Waals surface area (Å²) in [7, 11) is 6.24. The van der Waals surface area contributed by atoms with Crippen molar-refractivity contribution < 1.29 is 33.2 Å². The average molecular weight is 733 g/mol. The molecule has 0 fully saturated rings. The second kappa shape index (κ2) is 18.1. The molecule has 1 N–H and O–H groups in total. The van der Waals surface area contributed by atoms with E-state index < -0.39 is 19.8 Å². The maximum Gasteiger partial charge on any atom is 0.407 e. The van der Waals surface area contributed by atoms with Gasteiger partial charge in [0.05, 0.1) is 59.5 Å². The quantitative estimate of drug-likeness (QED) is 0.0626. The molecule has 0 aromatic heterocycles. The number of nitrogens with zero attached hydrogens (tertiary/aromatic N) is 5. The van der Waals surface area contributed by atoms with Crippen LogP contribution in [0.4, 0.5) is 16.2 Å². The van der Waals surface area contributed by atoms with Gasteiger partial charge < -0.3 is 43.5 Å². The summed E-state index contributed by atoms with van der Waals surface area (Å²) in [6.45, 7) is 9.44. The number of hydrogen-bond acceptors (Lipinski definition) is 10. The van der Waals surface area contributed by atoms with Gasteiger partial charge in [-0.15, -0.1) is 0 Å². The molecule has 1 spiro atoms. The molecule has 0 bridgehead atoms. The summed E-state index contributed by atoms with van der Waals surface area (Å²) in [6, 6.07) is 20.0. The molecule has 0 saturated heterocycles. The minimum atomic E-state index is -2.10. The molecule has 52 heavy (non-hydrogen) atoms. The molecule has 2 aliphatic rings. The van der Waals surface area contributed by atoms with E-state index in [9.17, 15) is 4.79 Å². The fourth-order valence-corrected chi connectivity index (χ4v) is 9.98. The first kappa shape index (κ1) is 39.1. The predicted octanol–water partition coefficient (Wildman–Crippen LogP) is 4.38. The van der Waals surface area contributed by atoms with Crippen LogP contribution in [0.3, 0.4) is 0 Å². The smallest absolute Gasteiger partial charge is 0.407 e. The number of amides is 1. The first-order chi connectivity index (χ1) is 25.1. The molecule has 2 aliphatic heterocycles. The molecule has 0 radical (unpaired) electrons. The highest BCUT2D eigenvalue weighted by atomic mass is 28.3. The zero-order valence-corrected chi connectivity index (χ0v) is 32.3. The number of carbonyl (C=O) groups excluding carboxylic acids is 1. The van der Waals surface area contributed by atoms with Gasteiger partial charge in [-0.05, 0) is 74.1 Å². The highest BCUT2D eigenvalue weighted by Crippen LogP contribution is 2.49. The number of azide groups is 1. The fraction of sp³-hybridized carbons (Fsp3) is 0.500. The summed E-state index contributed by atoms with van der Waals surface area (Å²) >= 11 is 0. The molecular weight excluding hydrogens is 681 g/mol. The highest BCUT2D eigenvalue weighted by molar-refractivity contribution is 7.01. The van der Waals surface area contributed by atoms with Gasteiger partial charge in [-0.1, -0.05) is 42.5 Å². The summed E-state index contributed by atoms with van der Waals surface area (Å²) in [5.74, 6) is 0. The first-order valence-electron chi connectivity index (χ1n) is 17.7. The van der Waals surface area contributed by atoms with Crippen LogP contribution in [0, 0.1) is 0 Å². The molecule has 3 aromatic rings. The number of ether oxygens (including phenoxy) is 6. The Morgan fingerprint density at radius 2 is 1.35 bits per heavy atom. The van der Waals surface area contributed by atoms with Crippen LogP contribution in [-0.2, 0) is 47.2 Å². The monoisotopic (exact) mass is 732 g/mol. The fourth-order valence-electron chi connectivity index (χ4n) is 6.81. The van der Waals surface area contributed by atoms with Crippen molar-refractivity contribution in [2.24, 2.45) is 5.11 Å². The van der Waals surface area contributed by atoms with Crippen molar-refractivity contribution in [2.75, 3.05) is 104 Å². The van der Waals surface area contributed by atoms with Gasteiger partial charge in [0.15, 0.2) is 0 Å². The van der Waals surface area contributed by atoms with Gasteiger partial charge in [-0.3, -0.25) is 0 Å². The maximum absolute atomic E-state index is 12.4. The minimum Gasteiger partial charge on any atom is -0.445 e. The first-order valence-corrected chi connectivity index (χ1v) is 20.7. The third kappa shape index (κ3) is 8.89. The zero-order valence-electron chi connectivity index (χ0n) is 31.3. The largest absolute Gasteiger partial charge is 0.445 e. The number of rotatable bonds is 19. The summed E-state index contributed by atoms with van der Waals surface area (Å²) in [4.78, 5) is 19.4. The molecule has 280 valence electrons. The topological polar surface area (TPSA) is 140 Å². The number of nitrogens with one attached hydrogen (secondary N) is 1. The maximum atomic E-state index is 12.4. The lowest BCUT2D eigenvalue weighted by molar-refractivity contribution is -0.000646. The Labute approximate surface area is 307 Å². The third-order valence-corrected chi connectivity index (χ3v) is 13.1. The number of hydrogen-bond donors (Lipinski definition) is 1. The van der Waals surface area contributed by atoms with Gasteiger partial charge in [-0.2, -0.15) is 0 Å². The van der Waals surface area contributed by atoms with Gasteiger partial charge in [0.2, 0.25) is 0 Å². The van der Waals surface area contributed by atoms with Crippen molar-refractivity contribution in [2.45, 2.75) is 31.9 Å². The zero-order chi connectivity index (χ0) is 37.1. The van der Waals surface area contributed by atoms with Crippen LogP contribution in [0.1, 0.15) is 27.8 Å². The Balaban J connectivity index is 1.12. The van der Waals surface area contributed by atoms with Crippen LogP contribution in [0.5, 0.6) is 0 Å². The van der Waals surface area contributed by atoms with Gasteiger partial charge >= 0.3 is 6.09 Å². The van der Waals surface area contributed by atoms with Crippen molar-refractivity contribution in [1.29, 1.82) is 0 Å². The highest BCUT2D eigenvalue weighted by Gasteiger charge is 2.53. The minimum absolute atomic E-state index is 0.149. The number of fused-ring (bicyclic) bond motifs is 6. The van der Waals surface area contributed by atoms with E-state index in [1.165, 1.54) is 32.9 Å². The van der Waals surface area contributed by atoms with Crippen molar-refractivity contribution in [3.8, 4) is 0 Å². The van der Waals surface area contributed by atoms with Crippen molar-refractivity contribution in [3.05, 3.63) is 92.9 Å². The summed E-state index contributed by atoms with van der Waals surface area (Å²) in [6.07, 6.45) is -0.497. The summed E-state index contributed by atoms with van der Waals surface area (Å²) < 4.78 is 34.2. The lowest BCUT2D eigenvalue weighted by Gasteiger charge is -2.45. The number of anilines is 2. The molecule has 0 aliphatic carbocycles. The molecule has 0 saturated carbocycles. The normalized spacial score (nSPS) is 14.6. The lowest BCUT2D eigenvalue weighted by atomic mass is 9.79. The molecule has 5 rings (SSSR count). The van der Waals surface area contributed by atoms with Gasteiger partial charge in [-0.25, -0.2) is 4.79 Å². The van der Waals surface area contributed by atoms with Crippen LogP contribution in [-0.4, -0.2) is 108 Å². The molecule has 0 unspecified atom stereocenters. The third-order valence-electron chi connectivity index (χ3n) is 9.54. The Morgan fingerprint density at radius 1 is 0.808 bits per heavy atom. The number of alkyl carbamates (subject to hydrolysis) is 1. The standard InChI is InChI=1S/C38H52N6O7Si/c1-43(2)30-8-11-33-35(24-30)52(5,6)36-25-31(44(3)4)9-12-34(36)38(33)32-10-7-28(23-29(32)27-51-38)26-50-37(45)40-13-15-46-17-19-48-21-22-49-20-18-47-16-14-41-42-39/h7-12,23-25H,13-22,26-27H2,1-6H3,(H,40,45). The molecule has 2 heterocycles. The molecular formula is C38H52N6O7Si. The molecule has 13 nitrogen and oxygen atoms in total. The summed E-state index contributed by atoms with van der Waals surface area (Å²) in [5, 5.41) is 8.91. The van der Waals surface area contributed by atoms with E-state index in [1.54, 1.807) is 0 Å². The van der Waals surface area contributed by atoms with Crippen LogP contribution in [0.25, 0.3) is 10.4 Å². The van der Waals surface area contributed by atoms with Crippen molar-refractivity contribution in [1.82, 2.24) is 5.32 Å². The number of carbonyl (C=O) groups is 1. The van der Waals surface area contributed by atoms with Gasteiger partial charge in [0, 0.05) is 57.6 Å². The molecule has 3 aromatic carbocycles. The van der Waals surface area contributed by atoms with Crippen molar-refractivity contribution >= 4 is 35.9 Å². The van der Waals surface area contributed by atoms with Crippen LogP contribution in [0.15, 0.2) is 59.7 Å².